The number of oxazole rings is 1. The normalized spacial score (nSPS) is 11.1. The summed E-state index contributed by atoms with van der Waals surface area (Å²) in [5.41, 5.74) is 2.54. The molecular weight excluding hydrogens is 208 g/mol. The Morgan fingerprint density at radius 2 is 2.44 bits per heavy atom. The minimum Gasteiger partial charge on any atom is -0.465 e. The first kappa shape index (κ1) is 8.96. The van der Waals surface area contributed by atoms with Gasteiger partial charge in [0.2, 0.25) is 0 Å². The Bertz CT molecular complexity index is 681. The summed E-state index contributed by atoms with van der Waals surface area (Å²) < 4.78 is 9.92. The van der Waals surface area contributed by atoms with E-state index in [2.05, 4.69) is 9.97 Å². The number of carbonyl (C=O) groups is 1. The van der Waals surface area contributed by atoms with Crippen LogP contribution in [0.15, 0.2) is 29.1 Å². The molecule has 1 aromatic carbocycles. The molecular formula is C11H8N2O3. The molecule has 3 rings (SSSR count). The van der Waals surface area contributed by atoms with Crippen molar-refractivity contribution in [1.29, 1.82) is 0 Å². The summed E-state index contributed by atoms with van der Waals surface area (Å²) in [7, 11) is 1.35. The monoisotopic (exact) mass is 216 g/mol. The number of aromatic nitrogens is 2. The van der Waals surface area contributed by atoms with E-state index < -0.39 is 0 Å². The molecule has 0 unspecified atom stereocenters. The van der Waals surface area contributed by atoms with Gasteiger partial charge in [-0.1, -0.05) is 0 Å². The Morgan fingerprint density at radius 3 is 3.25 bits per heavy atom. The van der Waals surface area contributed by atoms with Gasteiger partial charge in [-0.05, 0) is 12.1 Å². The van der Waals surface area contributed by atoms with Gasteiger partial charge < -0.3 is 14.1 Å². The van der Waals surface area contributed by atoms with Crippen LogP contribution in [0.25, 0.3) is 22.0 Å². The fourth-order valence-corrected chi connectivity index (χ4v) is 1.82. The second-order valence-corrected chi connectivity index (χ2v) is 3.38. The van der Waals surface area contributed by atoms with Gasteiger partial charge in [0, 0.05) is 11.6 Å². The summed E-state index contributed by atoms with van der Waals surface area (Å²) in [6.07, 6.45) is 3.11. The molecule has 0 aliphatic rings. The first-order valence-electron chi connectivity index (χ1n) is 4.73. The predicted molar refractivity (Wildman–Crippen MR) is 57.2 cm³/mol. The van der Waals surface area contributed by atoms with Gasteiger partial charge in [0.1, 0.15) is 5.52 Å². The number of hydrogen-bond acceptors (Lipinski definition) is 4. The van der Waals surface area contributed by atoms with Gasteiger partial charge in [-0.3, -0.25) is 0 Å². The molecule has 2 aromatic heterocycles. The molecule has 16 heavy (non-hydrogen) atoms. The molecule has 5 nitrogen and oxygen atoms in total. The number of aromatic amines is 1. The van der Waals surface area contributed by atoms with E-state index in [9.17, 15) is 4.79 Å². The number of hydrogen-bond donors (Lipinski definition) is 1. The van der Waals surface area contributed by atoms with Crippen LogP contribution in [0.2, 0.25) is 0 Å². The maximum Gasteiger partial charge on any atom is 0.338 e. The maximum absolute atomic E-state index is 11.6. The van der Waals surface area contributed by atoms with E-state index in [1.54, 1.807) is 12.3 Å². The van der Waals surface area contributed by atoms with Crippen LogP contribution in [0.4, 0.5) is 0 Å². The minimum absolute atomic E-state index is 0.386. The SMILES string of the molecule is COC(=O)c1cc2ocnc2c2[nH]ccc12. The maximum atomic E-state index is 11.6. The highest BCUT2D eigenvalue weighted by atomic mass is 16.5. The van der Waals surface area contributed by atoms with Crippen molar-refractivity contribution in [2.24, 2.45) is 0 Å². The Hall–Kier alpha value is -2.30. The second-order valence-electron chi connectivity index (χ2n) is 3.38. The van der Waals surface area contributed by atoms with Gasteiger partial charge in [-0.25, -0.2) is 9.78 Å². The van der Waals surface area contributed by atoms with Gasteiger partial charge in [0.05, 0.1) is 18.2 Å². The number of carbonyl (C=O) groups excluding carboxylic acids is 1. The predicted octanol–water partition coefficient (Wildman–Crippen LogP) is 2.10. The molecule has 0 aliphatic carbocycles. The van der Waals surface area contributed by atoms with Crippen molar-refractivity contribution in [3.63, 3.8) is 0 Å². The van der Waals surface area contributed by atoms with Crippen molar-refractivity contribution in [1.82, 2.24) is 9.97 Å². The summed E-state index contributed by atoms with van der Waals surface area (Å²) in [5, 5.41) is 0.785. The van der Waals surface area contributed by atoms with Crippen LogP contribution in [0.1, 0.15) is 10.4 Å². The van der Waals surface area contributed by atoms with Crippen molar-refractivity contribution in [2.75, 3.05) is 7.11 Å². The lowest BCUT2D eigenvalue weighted by molar-refractivity contribution is 0.0603. The van der Waals surface area contributed by atoms with Crippen molar-refractivity contribution >= 4 is 28.0 Å². The summed E-state index contributed by atoms with van der Waals surface area (Å²) in [6.45, 7) is 0. The lowest BCUT2D eigenvalue weighted by atomic mass is 10.1. The highest BCUT2D eigenvalue weighted by molar-refractivity contribution is 6.12. The molecule has 5 heteroatoms. The van der Waals surface area contributed by atoms with Gasteiger partial charge in [-0.2, -0.15) is 0 Å². The Morgan fingerprint density at radius 1 is 1.56 bits per heavy atom. The lowest BCUT2D eigenvalue weighted by Crippen LogP contribution is -2.01. The van der Waals surface area contributed by atoms with E-state index in [1.165, 1.54) is 13.5 Å². The number of esters is 1. The van der Waals surface area contributed by atoms with Gasteiger partial charge in [0.25, 0.3) is 0 Å². The average Bonchev–Trinajstić information content (AvgIpc) is 2.93. The van der Waals surface area contributed by atoms with E-state index in [-0.39, 0.29) is 5.97 Å². The second kappa shape index (κ2) is 3.10. The van der Waals surface area contributed by atoms with E-state index in [1.807, 2.05) is 6.07 Å². The molecule has 0 atom stereocenters. The molecule has 0 fully saturated rings. The summed E-state index contributed by atoms with van der Waals surface area (Å²) in [5.74, 6) is -0.386. The molecule has 0 radical (unpaired) electrons. The molecule has 0 saturated heterocycles. The van der Waals surface area contributed by atoms with Crippen LogP contribution in [0.3, 0.4) is 0 Å². The van der Waals surface area contributed by atoms with E-state index in [4.69, 9.17) is 9.15 Å². The zero-order valence-corrected chi connectivity index (χ0v) is 8.48. The zero-order valence-electron chi connectivity index (χ0n) is 8.48. The first-order valence-corrected chi connectivity index (χ1v) is 4.73. The molecule has 3 aromatic rings. The van der Waals surface area contributed by atoms with Gasteiger partial charge in [-0.15, -0.1) is 0 Å². The molecule has 0 spiro atoms. The van der Waals surface area contributed by atoms with Crippen LogP contribution in [-0.2, 0) is 4.74 Å². The van der Waals surface area contributed by atoms with Gasteiger partial charge >= 0.3 is 5.97 Å². The Kier molecular flexibility index (Phi) is 1.73. The molecule has 1 N–H and O–H groups in total. The largest absolute Gasteiger partial charge is 0.465 e. The molecule has 0 amide bonds. The molecule has 0 aliphatic heterocycles. The number of rotatable bonds is 1. The minimum atomic E-state index is -0.386. The Labute approximate surface area is 90.0 Å². The van der Waals surface area contributed by atoms with Crippen LogP contribution in [0, 0.1) is 0 Å². The fraction of sp³-hybridized carbons (Fsp3) is 0.0909. The third-order valence-electron chi connectivity index (χ3n) is 2.55. The molecule has 0 saturated carbocycles. The van der Waals surface area contributed by atoms with Crippen molar-refractivity contribution < 1.29 is 13.9 Å². The highest BCUT2D eigenvalue weighted by Crippen LogP contribution is 2.27. The van der Waals surface area contributed by atoms with Gasteiger partial charge in [0.15, 0.2) is 12.0 Å². The number of methoxy groups -OCH3 is 1. The Balaban J connectivity index is 2.47. The number of ether oxygens (including phenoxy) is 1. The molecule has 0 bridgehead atoms. The number of H-pyrrole nitrogens is 1. The van der Waals surface area contributed by atoms with Crippen molar-refractivity contribution in [3.05, 3.63) is 30.3 Å². The third kappa shape index (κ3) is 1.05. The van der Waals surface area contributed by atoms with Crippen LogP contribution >= 0.6 is 0 Å². The fourth-order valence-electron chi connectivity index (χ4n) is 1.82. The zero-order chi connectivity index (χ0) is 11.1. The number of nitrogens with one attached hydrogen (secondary N) is 1. The van der Waals surface area contributed by atoms with E-state index in [0.29, 0.717) is 16.7 Å². The average molecular weight is 216 g/mol. The third-order valence-corrected chi connectivity index (χ3v) is 2.55. The topological polar surface area (TPSA) is 68.1 Å². The summed E-state index contributed by atoms with van der Waals surface area (Å²) in [6, 6.07) is 3.46. The quantitative estimate of drug-likeness (QED) is 0.632. The van der Waals surface area contributed by atoms with Crippen LogP contribution < -0.4 is 0 Å². The number of benzene rings is 1. The lowest BCUT2D eigenvalue weighted by Gasteiger charge is -2.01. The first-order chi connectivity index (χ1) is 7.81. The smallest absolute Gasteiger partial charge is 0.338 e. The highest BCUT2D eigenvalue weighted by Gasteiger charge is 2.16. The molecule has 2 heterocycles. The summed E-state index contributed by atoms with van der Waals surface area (Å²) in [4.78, 5) is 18.7. The standard InChI is InChI=1S/C11H8N2O3/c1-15-11(14)7-4-8-10(13-5-16-8)9-6(7)2-3-12-9/h2-5,12H,1H3. The molecule has 80 valence electrons. The number of nitrogens with zero attached hydrogens (tertiary/aromatic N) is 1. The van der Waals surface area contributed by atoms with Crippen LogP contribution in [0.5, 0.6) is 0 Å². The van der Waals surface area contributed by atoms with Crippen molar-refractivity contribution in [2.45, 2.75) is 0 Å². The number of fused-ring (bicyclic) bond motifs is 3. The summed E-state index contributed by atoms with van der Waals surface area (Å²) >= 11 is 0. The van der Waals surface area contributed by atoms with E-state index >= 15 is 0 Å². The van der Waals surface area contributed by atoms with E-state index in [0.717, 1.165) is 10.9 Å². The van der Waals surface area contributed by atoms with Crippen LogP contribution in [-0.4, -0.2) is 23.0 Å². The van der Waals surface area contributed by atoms with Crippen molar-refractivity contribution in [3.8, 4) is 0 Å².